The van der Waals surface area contributed by atoms with Crippen molar-refractivity contribution >= 4 is 5.91 Å². The normalized spacial score (nSPS) is 12.5. The Morgan fingerprint density at radius 3 is 2.00 bits per heavy atom. The average Bonchev–Trinajstić information content (AvgIpc) is 2.36. The van der Waals surface area contributed by atoms with Crippen molar-refractivity contribution in [1.29, 1.82) is 0 Å². The van der Waals surface area contributed by atoms with Gasteiger partial charge in [-0.1, -0.05) is 32.1 Å². The van der Waals surface area contributed by atoms with E-state index in [1.165, 1.54) is 12.8 Å². The molecule has 22 heavy (non-hydrogen) atoms. The summed E-state index contributed by atoms with van der Waals surface area (Å²) >= 11 is 0. The van der Waals surface area contributed by atoms with Crippen molar-refractivity contribution in [2.24, 2.45) is 11.5 Å². The number of amides is 1. The molecule has 0 aliphatic carbocycles. The summed E-state index contributed by atoms with van der Waals surface area (Å²) in [5.74, 6) is 0.180. The van der Waals surface area contributed by atoms with Crippen molar-refractivity contribution in [2.75, 3.05) is 6.54 Å². The third kappa shape index (κ3) is 14.3. The van der Waals surface area contributed by atoms with Crippen LogP contribution in [0.25, 0.3) is 0 Å². The molecule has 0 atom stereocenters. The molecule has 4 nitrogen and oxygen atoms in total. The van der Waals surface area contributed by atoms with Gasteiger partial charge in [-0.05, 0) is 59.9 Å². The average molecular weight is 314 g/mol. The van der Waals surface area contributed by atoms with Crippen LogP contribution in [-0.4, -0.2) is 23.5 Å². The van der Waals surface area contributed by atoms with Crippen LogP contribution in [0.4, 0.5) is 0 Å². The quantitative estimate of drug-likeness (QED) is 0.455. The highest BCUT2D eigenvalue weighted by Crippen LogP contribution is 2.16. The molecule has 0 aromatic carbocycles. The summed E-state index contributed by atoms with van der Waals surface area (Å²) < 4.78 is 0. The summed E-state index contributed by atoms with van der Waals surface area (Å²) in [4.78, 5) is 12.0. The van der Waals surface area contributed by atoms with Crippen LogP contribution in [0.1, 0.15) is 91.9 Å². The predicted molar refractivity (Wildman–Crippen MR) is 95.7 cm³/mol. The number of nitrogens with one attached hydrogen (secondary N) is 1. The third-order valence-electron chi connectivity index (χ3n) is 3.96. The van der Waals surface area contributed by atoms with E-state index in [9.17, 15) is 4.79 Å². The van der Waals surface area contributed by atoms with E-state index in [1.807, 2.05) is 0 Å². The standard InChI is InChI=1S/C18H39N3O/c1-17(2,20)13-9-7-8-12-16(22)21-18(3,4)14-10-5-6-11-15-19/h5-15,19-20H2,1-4H3,(H,21,22). The molecule has 4 heteroatoms. The Morgan fingerprint density at radius 1 is 0.864 bits per heavy atom. The molecule has 0 aliphatic rings. The Labute approximate surface area is 137 Å². The minimum absolute atomic E-state index is 0.0891. The lowest BCUT2D eigenvalue weighted by atomic mass is 9.95. The first-order valence-corrected chi connectivity index (χ1v) is 8.96. The molecule has 0 saturated heterocycles. The van der Waals surface area contributed by atoms with Crippen molar-refractivity contribution in [2.45, 2.75) is 103 Å². The fraction of sp³-hybridized carbons (Fsp3) is 0.944. The lowest BCUT2D eigenvalue weighted by molar-refractivity contribution is -0.122. The molecule has 132 valence electrons. The highest BCUT2D eigenvalue weighted by atomic mass is 16.1. The van der Waals surface area contributed by atoms with Crippen LogP contribution in [0.5, 0.6) is 0 Å². The molecule has 0 radical (unpaired) electrons. The molecule has 1 amide bonds. The van der Waals surface area contributed by atoms with Crippen LogP contribution >= 0.6 is 0 Å². The van der Waals surface area contributed by atoms with E-state index in [1.54, 1.807) is 0 Å². The first kappa shape index (κ1) is 21.4. The van der Waals surface area contributed by atoms with E-state index in [-0.39, 0.29) is 17.0 Å². The summed E-state index contributed by atoms with van der Waals surface area (Å²) in [5, 5.41) is 3.17. The largest absolute Gasteiger partial charge is 0.351 e. The topological polar surface area (TPSA) is 81.1 Å². The predicted octanol–water partition coefficient (Wildman–Crippen LogP) is 3.48. The first-order chi connectivity index (χ1) is 10.2. The second kappa shape index (κ2) is 11.0. The number of hydrogen-bond donors (Lipinski definition) is 3. The van der Waals surface area contributed by atoms with Gasteiger partial charge in [0.15, 0.2) is 0 Å². The summed E-state index contributed by atoms with van der Waals surface area (Å²) in [6, 6.07) is 0. The molecule has 0 heterocycles. The molecular weight excluding hydrogens is 274 g/mol. The second-order valence-corrected chi connectivity index (χ2v) is 7.93. The summed E-state index contributed by atoms with van der Waals surface area (Å²) in [5.41, 5.74) is 11.3. The molecule has 0 spiro atoms. The smallest absolute Gasteiger partial charge is 0.220 e. The van der Waals surface area contributed by atoms with E-state index in [0.717, 1.165) is 51.5 Å². The molecule has 5 N–H and O–H groups in total. The van der Waals surface area contributed by atoms with Gasteiger partial charge in [0.05, 0.1) is 0 Å². The minimum atomic E-state index is -0.0982. The van der Waals surface area contributed by atoms with E-state index in [4.69, 9.17) is 11.5 Å². The molecule has 0 unspecified atom stereocenters. The molecule has 0 saturated carbocycles. The van der Waals surface area contributed by atoms with Crippen molar-refractivity contribution < 1.29 is 4.79 Å². The van der Waals surface area contributed by atoms with E-state index in [0.29, 0.717) is 6.42 Å². The van der Waals surface area contributed by atoms with Crippen molar-refractivity contribution in [1.82, 2.24) is 5.32 Å². The Balaban J connectivity index is 3.71. The van der Waals surface area contributed by atoms with E-state index >= 15 is 0 Å². The molecular formula is C18H39N3O. The summed E-state index contributed by atoms with van der Waals surface area (Å²) in [7, 11) is 0. The zero-order valence-electron chi connectivity index (χ0n) is 15.3. The van der Waals surface area contributed by atoms with Crippen LogP contribution in [0.3, 0.4) is 0 Å². The van der Waals surface area contributed by atoms with Gasteiger partial charge >= 0.3 is 0 Å². The van der Waals surface area contributed by atoms with Gasteiger partial charge in [-0.2, -0.15) is 0 Å². The molecule has 0 bridgehead atoms. The van der Waals surface area contributed by atoms with Crippen molar-refractivity contribution in [3.8, 4) is 0 Å². The maximum Gasteiger partial charge on any atom is 0.220 e. The van der Waals surface area contributed by atoms with E-state index in [2.05, 4.69) is 33.0 Å². The molecule has 0 aliphatic heterocycles. The van der Waals surface area contributed by atoms with Crippen LogP contribution in [0.2, 0.25) is 0 Å². The zero-order valence-corrected chi connectivity index (χ0v) is 15.3. The van der Waals surface area contributed by atoms with Crippen LogP contribution in [-0.2, 0) is 4.79 Å². The zero-order chi connectivity index (χ0) is 17.1. The van der Waals surface area contributed by atoms with Crippen LogP contribution < -0.4 is 16.8 Å². The monoisotopic (exact) mass is 313 g/mol. The Morgan fingerprint density at radius 2 is 1.41 bits per heavy atom. The lowest BCUT2D eigenvalue weighted by Crippen LogP contribution is -2.43. The van der Waals surface area contributed by atoms with Gasteiger partial charge in [-0.15, -0.1) is 0 Å². The maximum atomic E-state index is 12.0. The fourth-order valence-corrected chi connectivity index (χ4v) is 2.61. The Bertz CT molecular complexity index is 295. The first-order valence-electron chi connectivity index (χ1n) is 8.96. The summed E-state index contributed by atoms with van der Waals surface area (Å²) in [6.07, 6.45) is 10.5. The molecule has 0 rings (SSSR count). The van der Waals surface area contributed by atoms with Crippen LogP contribution in [0, 0.1) is 0 Å². The number of rotatable bonds is 13. The lowest BCUT2D eigenvalue weighted by Gasteiger charge is -2.26. The highest BCUT2D eigenvalue weighted by molar-refractivity contribution is 5.76. The minimum Gasteiger partial charge on any atom is -0.351 e. The van der Waals surface area contributed by atoms with Crippen molar-refractivity contribution in [3.63, 3.8) is 0 Å². The summed E-state index contributed by atoms with van der Waals surface area (Å²) in [6.45, 7) is 9.11. The van der Waals surface area contributed by atoms with Crippen LogP contribution in [0.15, 0.2) is 0 Å². The van der Waals surface area contributed by atoms with Gasteiger partial charge < -0.3 is 16.8 Å². The molecule has 0 aromatic heterocycles. The number of carbonyl (C=O) groups is 1. The van der Waals surface area contributed by atoms with E-state index < -0.39 is 0 Å². The number of nitrogens with two attached hydrogens (primary N) is 2. The van der Waals surface area contributed by atoms with Gasteiger partial charge in [0.2, 0.25) is 5.91 Å². The third-order valence-corrected chi connectivity index (χ3v) is 3.96. The highest BCUT2D eigenvalue weighted by Gasteiger charge is 2.19. The van der Waals surface area contributed by atoms with Gasteiger partial charge in [-0.25, -0.2) is 0 Å². The second-order valence-electron chi connectivity index (χ2n) is 7.93. The number of hydrogen-bond acceptors (Lipinski definition) is 3. The SMILES string of the molecule is CC(C)(N)CCCCCC(=O)NC(C)(C)CCCCCCN. The maximum absolute atomic E-state index is 12.0. The fourth-order valence-electron chi connectivity index (χ4n) is 2.61. The van der Waals surface area contributed by atoms with Crippen molar-refractivity contribution in [3.05, 3.63) is 0 Å². The Hall–Kier alpha value is -0.610. The number of unbranched alkanes of at least 4 members (excludes halogenated alkanes) is 5. The number of carbonyl (C=O) groups excluding carboxylic acids is 1. The Kier molecular flexibility index (Phi) is 10.7. The molecule has 0 aromatic rings. The van der Waals surface area contributed by atoms with Gasteiger partial charge in [0, 0.05) is 17.5 Å². The van der Waals surface area contributed by atoms with Gasteiger partial charge in [0.25, 0.3) is 0 Å². The van der Waals surface area contributed by atoms with Gasteiger partial charge in [-0.3, -0.25) is 4.79 Å². The molecule has 0 fully saturated rings. The van der Waals surface area contributed by atoms with Gasteiger partial charge in [0.1, 0.15) is 0 Å².